The topological polar surface area (TPSA) is 35.3 Å². The van der Waals surface area contributed by atoms with E-state index in [-0.39, 0.29) is 0 Å². The van der Waals surface area contributed by atoms with Crippen molar-refractivity contribution in [2.75, 3.05) is 0 Å². The number of hydrogen-bond donors (Lipinski definition) is 0. The fraction of sp³-hybridized carbons (Fsp3) is 0.400. The SMILES string of the molecule is Cc1cccc(C)c1OCc1cc(C2CC2)on1. The van der Waals surface area contributed by atoms with Crippen molar-refractivity contribution in [1.82, 2.24) is 5.16 Å². The van der Waals surface area contributed by atoms with Gasteiger partial charge < -0.3 is 9.26 Å². The molecule has 3 nitrogen and oxygen atoms in total. The molecule has 1 heterocycles. The standard InChI is InChI=1S/C15H17NO2/c1-10-4-3-5-11(2)15(10)17-9-13-8-14(18-16-13)12-6-7-12/h3-5,8,12H,6-7,9H2,1-2H3. The lowest BCUT2D eigenvalue weighted by molar-refractivity contribution is 0.283. The van der Waals surface area contributed by atoms with Crippen LogP contribution < -0.4 is 4.74 Å². The minimum Gasteiger partial charge on any atom is -0.487 e. The molecule has 0 spiro atoms. The first-order valence-corrected chi connectivity index (χ1v) is 6.38. The molecule has 18 heavy (non-hydrogen) atoms. The fourth-order valence-electron chi connectivity index (χ4n) is 2.13. The molecule has 1 aromatic carbocycles. The monoisotopic (exact) mass is 243 g/mol. The van der Waals surface area contributed by atoms with Crippen LogP contribution in [0.15, 0.2) is 28.8 Å². The van der Waals surface area contributed by atoms with Crippen LogP contribution in [0.3, 0.4) is 0 Å². The average Bonchev–Trinajstić information content (AvgIpc) is 3.09. The van der Waals surface area contributed by atoms with E-state index in [1.165, 1.54) is 12.8 Å². The Kier molecular flexibility index (Phi) is 2.82. The number of benzene rings is 1. The Morgan fingerprint density at radius 2 is 2.00 bits per heavy atom. The van der Waals surface area contributed by atoms with E-state index in [0.717, 1.165) is 28.3 Å². The average molecular weight is 243 g/mol. The van der Waals surface area contributed by atoms with Crippen molar-refractivity contribution in [2.45, 2.75) is 39.2 Å². The summed E-state index contributed by atoms with van der Waals surface area (Å²) in [5.41, 5.74) is 3.18. The van der Waals surface area contributed by atoms with Crippen LogP contribution in [0.2, 0.25) is 0 Å². The molecule has 0 bridgehead atoms. The van der Waals surface area contributed by atoms with Crippen LogP contribution in [0.4, 0.5) is 0 Å². The molecule has 3 heteroatoms. The van der Waals surface area contributed by atoms with Gasteiger partial charge in [-0.25, -0.2) is 0 Å². The third kappa shape index (κ3) is 2.26. The molecule has 1 fully saturated rings. The van der Waals surface area contributed by atoms with Gasteiger partial charge in [-0.2, -0.15) is 0 Å². The zero-order valence-electron chi connectivity index (χ0n) is 10.8. The normalized spacial score (nSPS) is 14.8. The molecular weight excluding hydrogens is 226 g/mol. The van der Waals surface area contributed by atoms with E-state index >= 15 is 0 Å². The predicted octanol–water partition coefficient (Wildman–Crippen LogP) is 3.75. The van der Waals surface area contributed by atoms with Crippen LogP contribution >= 0.6 is 0 Å². The molecule has 0 radical (unpaired) electrons. The highest BCUT2D eigenvalue weighted by atomic mass is 16.5. The Morgan fingerprint density at radius 3 is 2.67 bits per heavy atom. The van der Waals surface area contributed by atoms with Gasteiger partial charge in [-0.3, -0.25) is 0 Å². The second-order valence-electron chi connectivity index (χ2n) is 5.00. The number of aromatic nitrogens is 1. The van der Waals surface area contributed by atoms with Crippen molar-refractivity contribution >= 4 is 0 Å². The van der Waals surface area contributed by atoms with E-state index in [1.54, 1.807) is 0 Å². The summed E-state index contributed by atoms with van der Waals surface area (Å²) in [5.74, 6) is 2.56. The molecule has 0 amide bonds. The zero-order chi connectivity index (χ0) is 12.5. The van der Waals surface area contributed by atoms with Crippen LogP contribution in [0.5, 0.6) is 5.75 Å². The van der Waals surface area contributed by atoms with Crippen LogP contribution in [-0.2, 0) is 6.61 Å². The Bertz CT molecular complexity index is 535. The van der Waals surface area contributed by atoms with Gasteiger partial charge in [-0.05, 0) is 37.8 Å². The van der Waals surface area contributed by atoms with Gasteiger partial charge in [0, 0.05) is 12.0 Å². The predicted molar refractivity (Wildman–Crippen MR) is 68.7 cm³/mol. The maximum atomic E-state index is 5.84. The number of rotatable bonds is 4. The third-order valence-electron chi connectivity index (χ3n) is 3.33. The minimum atomic E-state index is 0.474. The van der Waals surface area contributed by atoms with Crippen molar-refractivity contribution < 1.29 is 9.26 Å². The van der Waals surface area contributed by atoms with E-state index in [9.17, 15) is 0 Å². The largest absolute Gasteiger partial charge is 0.487 e. The first-order valence-electron chi connectivity index (χ1n) is 6.38. The second-order valence-corrected chi connectivity index (χ2v) is 5.00. The van der Waals surface area contributed by atoms with Crippen molar-refractivity contribution in [3.63, 3.8) is 0 Å². The molecule has 0 atom stereocenters. The zero-order valence-corrected chi connectivity index (χ0v) is 10.8. The number of hydrogen-bond acceptors (Lipinski definition) is 3. The van der Waals surface area contributed by atoms with E-state index in [2.05, 4.69) is 31.1 Å². The van der Waals surface area contributed by atoms with Crippen LogP contribution in [0, 0.1) is 13.8 Å². The summed E-state index contributed by atoms with van der Waals surface area (Å²) in [6.07, 6.45) is 2.46. The van der Waals surface area contributed by atoms with Gasteiger partial charge in [-0.15, -0.1) is 0 Å². The molecule has 0 unspecified atom stereocenters. The van der Waals surface area contributed by atoms with Gasteiger partial charge >= 0.3 is 0 Å². The number of nitrogens with zero attached hydrogens (tertiary/aromatic N) is 1. The van der Waals surface area contributed by atoms with E-state index in [1.807, 2.05) is 12.1 Å². The van der Waals surface area contributed by atoms with Gasteiger partial charge in [0.15, 0.2) is 0 Å². The summed E-state index contributed by atoms with van der Waals surface area (Å²) in [6, 6.07) is 8.17. The van der Waals surface area contributed by atoms with Crippen molar-refractivity contribution in [1.29, 1.82) is 0 Å². The summed E-state index contributed by atoms with van der Waals surface area (Å²) in [7, 11) is 0. The number of aryl methyl sites for hydroxylation is 2. The van der Waals surface area contributed by atoms with Crippen LogP contribution in [0.1, 0.15) is 41.3 Å². The molecule has 0 N–H and O–H groups in total. The number of para-hydroxylation sites is 1. The highest BCUT2D eigenvalue weighted by molar-refractivity contribution is 5.39. The Labute approximate surface area is 107 Å². The van der Waals surface area contributed by atoms with E-state index < -0.39 is 0 Å². The maximum absolute atomic E-state index is 5.84. The lowest BCUT2D eigenvalue weighted by Gasteiger charge is -2.10. The summed E-state index contributed by atoms with van der Waals surface area (Å²) in [4.78, 5) is 0. The highest BCUT2D eigenvalue weighted by Gasteiger charge is 2.27. The highest BCUT2D eigenvalue weighted by Crippen LogP contribution is 2.40. The fourth-order valence-corrected chi connectivity index (χ4v) is 2.13. The van der Waals surface area contributed by atoms with Gasteiger partial charge in [0.25, 0.3) is 0 Å². The molecule has 1 aliphatic rings. The Balaban J connectivity index is 1.69. The first kappa shape index (κ1) is 11.3. The lowest BCUT2D eigenvalue weighted by Crippen LogP contribution is -1.98. The first-order chi connectivity index (χ1) is 8.74. The Hall–Kier alpha value is -1.77. The van der Waals surface area contributed by atoms with Crippen molar-refractivity contribution in [3.8, 4) is 5.75 Å². The molecule has 1 saturated carbocycles. The van der Waals surface area contributed by atoms with Gasteiger partial charge in [0.05, 0.1) is 0 Å². The molecule has 3 rings (SSSR count). The molecular formula is C15H17NO2. The van der Waals surface area contributed by atoms with E-state index in [4.69, 9.17) is 9.26 Å². The quantitative estimate of drug-likeness (QED) is 0.820. The van der Waals surface area contributed by atoms with E-state index in [0.29, 0.717) is 12.5 Å². The minimum absolute atomic E-state index is 0.474. The number of ether oxygens (including phenoxy) is 1. The molecule has 2 aromatic rings. The van der Waals surface area contributed by atoms with Gasteiger partial charge in [0.1, 0.15) is 23.8 Å². The summed E-state index contributed by atoms with van der Waals surface area (Å²) >= 11 is 0. The van der Waals surface area contributed by atoms with Crippen LogP contribution in [0.25, 0.3) is 0 Å². The molecule has 1 aromatic heterocycles. The molecule has 1 aliphatic carbocycles. The van der Waals surface area contributed by atoms with Crippen molar-refractivity contribution in [2.24, 2.45) is 0 Å². The van der Waals surface area contributed by atoms with Gasteiger partial charge in [-0.1, -0.05) is 23.4 Å². The smallest absolute Gasteiger partial charge is 0.140 e. The van der Waals surface area contributed by atoms with Gasteiger partial charge in [0.2, 0.25) is 0 Å². The molecule has 94 valence electrons. The van der Waals surface area contributed by atoms with Crippen molar-refractivity contribution in [3.05, 3.63) is 46.8 Å². The lowest BCUT2D eigenvalue weighted by atomic mass is 10.1. The molecule has 0 saturated heterocycles. The summed E-state index contributed by atoms with van der Waals surface area (Å²) < 4.78 is 11.2. The summed E-state index contributed by atoms with van der Waals surface area (Å²) in [6.45, 7) is 4.59. The molecule has 0 aliphatic heterocycles. The second kappa shape index (κ2) is 4.48. The van der Waals surface area contributed by atoms with Crippen LogP contribution in [-0.4, -0.2) is 5.16 Å². The maximum Gasteiger partial charge on any atom is 0.140 e. The Morgan fingerprint density at radius 1 is 1.28 bits per heavy atom. The summed E-state index contributed by atoms with van der Waals surface area (Å²) in [5, 5.41) is 4.05. The third-order valence-corrected chi connectivity index (χ3v) is 3.33.